The van der Waals surface area contributed by atoms with Crippen LogP contribution in [-0.2, 0) is 0 Å². The molecule has 0 unspecified atom stereocenters. The summed E-state index contributed by atoms with van der Waals surface area (Å²) < 4.78 is 51.0. The lowest BCUT2D eigenvalue weighted by molar-refractivity contribution is 0.0962. The largest absolute Gasteiger partial charge is 0.490 e. The van der Waals surface area contributed by atoms with Crippen molar-refractivity contribution in [1.29, 1.82) is 0 Å². The van der Waals surface area contributed by atoms with Gasteiger partial charge in [-0.25, -0.2) is 13.2 Å². The first-order valence-corrected chi connectivity index (χ1v) is 8.57. The number of halogens is 3. The smallest absolute Gasteiger partial charge is 0.269 e. The molecule has 27 heavy (non-hydrogen) atoms. The summed E-state index contributed by atoms with van der Waals surface area (Å²) in [7, 11) is 0. The first-order valence-electron chi connectivity index (χ1n) is 8.57. The molecule has 2 rings (SSSR count). The minimum Gasteiger partial charge on any atom is -0.490 e. The molecule has 5 nitrogen and oxygen atoms in total. The Kier molecular flexibility index (Phi) is 7.34. The van der Waals surface area contributed by atoms with Crippen molar-refractivity contribution in [2.45, 2.75) is 26.7 Å². The van der Waals surface area contributed by atoms with Gasteiger partial charge in [0.25, 0.3) is 5.91 Å². The Morgan fingerprint density at radius 3 is 2.26 bits per heavy atom. The van der Waals surface area contributed by atoms with Crippen LogP contribution in [0, 0.1) is 17.5 Å². The molecule has 0 heterocycles. The summed E-state index contributed by atoms with van der Waals surface area (Å²) in [5, 5.41) is 0. The van der Waals surface area contributed by atoms with Crippen molar-refractivity contribution >= 4 is 11.6 Å². The van der Waals surface area contributed by atoms with Crippen molar-refractivity contribution in [3.8, 4) is 11.5 Å². The van der Waals surface area contributed by atoms with Gasteiger partial charge in [-0.2, -0.15) is 0 Å². The van der Waals surface area contributed by atoms with Crippen LogP contribution in [0.2, 0.25) is 0 Å². The van der Waals surface area contributed by atoms with Gasteiger partial charge in [0, 0.05) is 5.56 Å². The van der Waals surface area contributed by atoms with E-state index in [0.29, 0.717) is 24.7 Å². The second kappa shape index (κ2) is 9.70. The molecule has 0 atom stereocenters. The summed E-state index contributed by atoms with van der Waals surface area (Å²) in [5.41, 5.74) is 4.30. The van der Waals surface area contributed by atoms with Gasteiger partial charge >= 0.3 is 0 Å². The molecule has 0 bridgehead atoms. The molecule has 0 aliphatic carbocycles. The summed E-state index contributed by atoms with van der Waals surface area (Å²) in [6.45, 7) is 4.87. The van der Waals surface area contributed by atoms with Crippen LogP contribution < -0.4 is 20.3 Å². The molecule has 2 aromatic carbocycles. The van der Waals surface area contributed by atoms with E-state index in [0.717, 1.165) is 25.0 Å². The zero-order valence-corrected chi connectivity index (χ0v) is 15.1. The third-order valence-electron chi connectivity index (χ3n) is 3.48. The molecule has 8 heteroatoms. The van der Waals surface area contributed by atoms with E-state index in [1.165, 1.54) is 12.1 Å². The number of anilines is 1. The molecule has 0 aliphatic heterocycles. The van der Waals surface area contributed by atoms with E-state index in [2.05, 4.69) is 10.9 Å². The van der Waals surface area contributed by atoms with E-state index in [-0.39, 0.29) is 5.56 Å². The van der Waals surface area contributed by atoms with E-state index in [4.69, 9.17) is 9.47 Å². The molecule has 0 spiro atoms. The van der Waals surface area contributed by atoms with Crippen LogP contribution in [-0.4, -0.2) is 19.1 Å². The predicted molar refractivity (Wildman–Crippen MR) is 95.4 cm³/mol. The molecule has 0 saturated carbocycles. The number of hydrazine groups is 1. The fourth-order valence-electron chi connectivity index (χ4n) is 2.12. The number of hydrogen-bond donors (Lipinski definition) is 2. The van der Waals surface area contributed by atoms with Crippen LogP contribution in [0.3, 0.4) is 0 Å². The highest BCUT2D eigenvalue weighted by molar-refractivity contribution is 5.95. The third kappa shape index (κ3) is 5.29. The van der Waals surface area contributed by atoms with Gasteiger partial charge in [-0.15, -0.1) is 0 Å². The Morgan fingerprint density at radius 2 is 1.59 bits per heavy atom. The maximum atomic E-state index is 13.6. The number of carbonyl (C=O) groups is 1. The molecule has 146 valence electrons. The van der Waals surface area contributed by atoms with E-state index >= 15 is 0 Å². The fraction of sp³-hybridized carbons (Fsp3) is 0.316. The minimum atomic E-state index is -1.62. The van der Waals surface area contributed by atoms with Gasteiger partial charge in [-0.1, -0.05) is 13.8 Å². The lowest BCUT2D eigenvalue weighted by Crippen LogP contribution is -2.30. The topological polar surface area (TPSA) is 59.6 Å². The molecule has 1 amide bonds. The van der Waals surface area contributed by atoms with Gasteiger partial charge in [0.2, 0.25) is 0 Å². The molecule has 2 aromatic rings. The van der Waals surface area contributed by atoms with Crippen molar-refractivity contribution in [1.82, 2.24) is 5.43 Å². The molecule has 0 radical (unpaired) electrons. The lowest BCUT2D eigenvalue weighted by atomic mass is 10.2. The van der Waals surface area contributed by atoms with Gasteiger partial charge < -0.3 is 9.47 Å². The van der Waals surface area contributed by atoms with Gasteiger partial charge in [-0.3, -0.25) is 15.6 Å². The second-order valence-corrected chi connectivity index (χ2v) is 5.66. The zero-order chi connectivity index (χ0) is 19.8. The highest BCUT2D eigenvalue weighted by Crippen LogP contribution is 2.29. The predicted octanol–water partition coefficient (Wildman–Crippen LogP) is 4.44. The standard InChI is InChI=1S/C19H21F3N2O3/c1-3-9-26-15-8-5-12(11-16(15)27-10-4-2)19(25)24-23-14-7-6-13(20)17(21)18(14)22/h5-8,11,23H,3-4,9-10H2,1-2H3,(H,24,25). The normalized spacial score (nSPS) is 10.4. The van der Waals surface area contributed by atoms with Crippen LogP contribution >= 0.6 is 0 Å². The van der Waals surface area contributed by atoms with Crippen LogP contribution in [0.25, 0.3) is 0 Å². The van der Waals surface area contributed by atoms with Crippen molar-refractivity contribution in [2.24, 2.45) is 0 Å². The fourth-order valence-corrected chi connectivity index (χ4v) is 2.12. The van der Waals surface area contributed by atoms with Crippen LogP contribution in [0.15, 0.2) is 30.3 Å². The summed E-state index contributed by atoms with van der Waals surface area (Å²) in [5.74, 6) is -4.04. The summed E-state index contributed by atoms with van der Waals surface area (Å²) in [6.07, 6.45) is 1.60. The molecule has 0 fully saturated rings. The highest BCUT2D eigenvalue weighted by atomic mass is 19.2. The first kappa shape index (κ1) is 20.4. The van der Waals surface area contributed by atoms with Crippen LogP contribution in [0.4, 0.5) is 18.9 Å². The Balaban J connectivity index is 2.12. The molecule has 0 saturated heterocycles. The molecule has 0 aromatic heterocycles. The Bertz CT molecular complexity index is 800. The van der Waals surface area contributed by atoms with E-state index < -0.39 is 29.0 Å². The van der Waals surface area contributed by atoms with E-state index in [9.17, 15) is 18.0 Å². The van der Waals surface area contributed by atoms with Crippen LogP contribution in [0.1, 0.15) is 37.0 Å². The van der Waals surface area contributed by atoms with Crippen molar-refractivity contribution in [3.05, 3.63) is 53.3 Å². The summed E-state index contributed by atoms with van der Waals surface area (Å²) in [6, 6.07) is 6.35. The summed E-state index contributed by atoms with van der Waals surface area (Å²) >= 11 is 0. The highest BCUT2D eigenvalue weighted by Gasteiger charge is 2.15. The van der Waals surface area contributed by atoms with Gasteiger partial charge in [-0.05, 0) is 43.2 Å². The molecular formula is C19H21F3N2O3. The SMILES string of the molecule is CCCOc1ccc(C(=O)NNc2ccc(F)c(F)c2F)cc1OCCC. The quantitative estimate of drug-likeness (QED) is 0.497. The average Bonchev–Trinajstić information content (AvgIpc) is 2.68. The average molecular weight is 382 g/mol. The molecule has 0 aliphatic rings. The lowest BCUT2D eigenvalue weighted by Gasteiger charge is -2.14. The van der Waals surface area contributed by atoms with Crippen LogP contribution in [0.5, 0.6) is 11.5 Å². The van der Waals surface area contributed by atoms with Gasteiger partial charge in [0.05, 0.1) is 18.9 Å². The van der Waals surface area contributed by atoms with Gasteiger partial charge in [0.15, 0.2) is 29.0 Å². The number of ether oxygens (including phenoxy) is 2. The number of benzene rings is 2. The number of nitrogens with one attached hydrogen (secondary N) is 2. The minimum absolute atomic E-state index is 0.223. The van der Waals surface area contributed by atoms with E-state index in [1.54, 1.807) is 6.07 Å². The van der Waals surface area contributed by atoms with Gasteiger partial charge in [0.1, 0.15) is 0 Å². The maximum Gasteiger partial charge on any atom is 0.269 e. The number of hydrogen-bond acceptors (Lipinski definition) is 4. The zero-order valence-electron chi connectivity index (χ0n) is 15.1. The van der Waals surface area contributed by atoms with Crippen molar-refractivity contribution in [3.63, 3.8) is 0 Å². The molecular weight excluding hydrogens is 361 g/mol. The first-order chi connectivity index (χ1) is 13.0. The maximum absolute atomic E-state index is 13.6. The van der Waals surface area contributed by atoms with E-state index in [1.807, 2.05) is 13.8 Å². The third-order valence-corrected chi connectivity index (χ3v) is 3.48. The van der Waals surface area contributed by atoms with Crippen molar-refractivity contribution in [2.75, 3.05) is 18.6 Å². The Hall–Kier alpha value is -2.90. The Morgan fingerprint density at radius 1 is 0.926 bits per heavy atom. The monoisotopic (exact) mass is 382 g/mol. The number of rotatable bonds is 9. The number of amides is 1. The number of carbonyl (C=O) groups excluding carboxylic acids is 1. The summed E-state index contributed by atoms with van der Waals surface area (Å²) in [4.78, 5) is 12.3. The molecule has 2 N–H and O–H groups in total. The Labute approximate surface area is 155 Å². The van der Waals surface area contributed by atoms with Crippen molar-refractivity contribution < 1.29 is 27.4 Å². The second-order valence-electron chi connectivity index (χ2n) is 5.66.